The lowest BCUT2D eigenvalue weighted by Crippen LogP contribution is -2.17. The van der Waals surface area contributed by atoms with Crippen molar-refractivity contribution in [1.82, 2.24) is 0 Å². The fraction of sp³-hybridized carbons (Fsp3) is 0.136. The van der Waals surface area contributed by atoms with Gasteiger partial charge in [-0.3, -0.25) is 0 Å². The van der Waals surface area contributed by atoms with Crippen LogP contribution >= 0.6 is 0 Å². The molecule has 3 aromatic carbocycles. The standard InChI is InChI=1S/C22H17F4NO3/c1-12-8-15(13-4-3-5-14(23)10-13)20(25)17(9-12)27(2)22-16(24)6-7-18(21(22)26)30-11-19(28)29/h3-10H,11H2,1-2H3,(H,28,29). The van der Waals surface area contributed by atoms with Crippen LogP contribution in [-0.4, -0.2) is 24.7 Å². The average Bonchev–Trinajstić information content (AvgIpc) is 2.68. The zero-order valence-electron chi connectivity index (χ0n) is 16.0. The molecule has 4 nitrogen and oxygen atoms in total. The smallest absolute Gasteiger partial charge is 0.341 e. The van der Waals surface area contributed by atoms with Gasteiger partial charge in [0.2, 0.25) is 0 Å². The molecule has 30 heavy (non-hydrogen) atoms. The van der Waals surface area contributed by atoms with Crippen LogP contribution in [0.4, 0.5) is 28.9 Å². The summed E-state index contributed by atoms with van der Waals surface area (Å²) < 4.78 is 63.0. The molecule has 0 aromatic heterocycles. The fourth-order valence-electron chi connectivity index (χ4n) is 3.06. The summed E-state index contributed by atoms with van der Waals surface area (Å²) in [5.74, 6) is -5.34. The van der Waals surface area contributed by atoms with Crippen molar-refractivity contribution in [3.8, 4) is 16.9 Å². The summed E-state index contributed by atoms with van der Waals surface area (Å²) in [7, 11) is 1.26. The molecule has 0 saturated carbocycles. The number of ether oxygens (including phenoxy) is 1. The van der Waals surface area contributed by atoms with Gasteiger partial charge in [0.05, 0.1) is 5.69 Å². The third-order valence-corrected chi connectivity index (χ3v) is 4.41. The second-order valence-electron chi connectivity index (χ2n) is 6.61. The minimum Gasteiger partial charge on any atom is -0.479 e. The van der Waals surface area contributed by atoms with Crippen LogP contribution in [0.25, 0.3) is 11.1 Å². The van der Waals surface area contributed by atoms with Crippen LogP contribution in [0.15, 0.2) is 48.5 Å². The number of anilines is 2. The number of aliphatic carboxylic acids is 1. The summed E-state index contributed by atoms with van der Waals surface area (Å²) in [6, 6.07) is 10.1. The molecule has 0 atom stereocenters. The molecule has 0 heterocycles. The number of hydrogen-bond acceptors (Lipinski definition) is 3. The van der Waals surface area contributed by atoms with Gasteiger partial charge in [-0.1, -0.05) is 12.1 Å². The first-order valence-electron chi connectivity index (χ1n) is 8.81. The minimum atomic E-state index is -1.34. The number of aryl methyl sites for hydroxylation is 1. The van der Waals surface area contributed by atoms with E-state index >= 15 is 4.39 Å². The van der Waals surface area contributed by atoms with Crippen molar-refractivity contribution in [3.05, 3.63) is 77.4 Å². The van der Waals surface area contributed by atoms with Crippen molar-refractivity contribution < 1.29 is 32.2 Å². The highest BCUT2D eigenvalue weighted by Crippen LogP contribution is 2.38. The molecule has 0 aliphatic rings. The molecule has 0 unspecified atom stereocenters. The molecule has 0 spiro atoms. The van der Waals surface area contributed by atoms with E-state index in [1.54, 1.807) is 6.92 Å². The molecular weight excluding hydrogens is 402 g/mol. The van der Waals surface area contributed by atoms with Crippen molar-refractivity contribution in [2.24, 2.45) is 0 Å². The first kappa shape index (κ1) is 21.2. The summed E-state index contributed by atoms with van der Waals surface area (Å²) in [5.41, 5.74) is 0.146. The maximum Gasteiger partial charge on any atom is 0.341 e. The van der Waals surface area contributed by atoms with Crippen molar-refractivity contribution in [2.45, 2.75) is 6.92 Å². The summed E-state index contributed by atoms with van der Waals surface area (Å²) in [4.78, 5) is 11.6. The van der Waals surface area contributed by atoms with Gasteiger partial charge in [0.25, 0.3) is 0 Å². The Morgan fingerprint density at radius 1 is 1.03 bits per heavy atom. The van der Waals surface area contributed by atoms with Crippen LogP contribution in [0.2, 0.25) is 0 Å². The van der Waals surface area contributed by atoms with E-state index in [1.807, 2.05) is 0 Å². The highest BCUT2D eigenvalue weighted by Gasteiger charge is 2.23. The van der Waals surface area contributed by atoms with Gasteiger partial charge in [0, 0.05) is 12.6 Å². The van der Waals surface area contributed by atoms with Crippen molar-refractivity contribution in [2.75, 3.05) is 18.6 Å². The third kappa shape index (κ3) is 4.22. The molecule has 0 aliphatic carbocycles. The highest BCUT2D eigenvalue weighted by atomic mass is 19.1. The van der Waals surface area contributed by atoms with Crippen LogP contribution in [-0.2, 0) is 4.79 Å². The number of carboxylic acid groups (broad SMARTS) is 1. The minimum absolute atomic E-state index is 0.0652. The number of carbonyl (C=O) groups is 1. The fourth-order valence-corrected chi connectivity index (χ4v) is 3.06. The summed E-state index contributed by atoms with van der Waals surface area (Å²) >= 11 is 0. The number of halogens is 4. The Morgan fingerprint density at radius 3 is 2.43 bits per heavy atom. The summed E-state index contributed by atoms with van der Waals surface area (Å²) in [5, 5.41) is 8.69. The van der Waals surface area contributed by atoms with Gasteiger partial charge >= 0.3 is 5.97 Å². The van der Waals surface area contributed by atoms with E-state index in [2.05, 4.69) is 0 Å². The van der Waals surface area contributed by atoms with Crippen molar-refractivity contribution >= 4 is 17.3 Å². The number of hydrogen-bond donors (Lipinski definition) is 1. The molecule has 0 saturated heterocycles. The van der Waals surface area contributed by atoms with E-state index in [0.29, 0.717) is 5.56 Å². The largest absolute Gasteiger partial charge is 0.479 e. The summed E-state index contributed by atoms with van der Waals surface area (Å²) in [6.07, 6.45) is 0. The number of carboxylic acids is 1. The lowest BCUT2D eigenvalue weighted by atomic mass is 10.0. The Labute approximate surface area is 169 Å². The monoisotopic (exact) mass is 419 g/mol. The van der Waals surface area contributed by atoms with Crippen LogP contribution in [0.5, 0.6) is 5.75 Å². The highest BCUT2D eigenvalue weighted by molar-refractivity contribution is 5.75. The zero-order valence-corrected chi connectivity index (χ0v) is 16.0. The van der Waals surface area contributed by atoms with Gasteiger partial charge in [0.1, 0.15) is 17.3 Å². The molecule has 0 bridgehead atoms. The van der Waals surface area contributed by atoms with E-state index in [-0.39, 0.29) is 16.8 Å². The molecular formula is C22H17F4NO3. The maximum absolute atomic E-state index is 15.3. The van der Waals surface area contributed by atoms with Crippen LogP contribution in [0.1, 0.15) is 5.56 Å². The Morgan fingerprint density at radius 2 is 1.77 bits per heavy atom. The predicted molar refractivity (Wildman–Crippen MR) is 104 cm³/mol. The molecule has 0 radical (unpaired) electrons. The van der Waals surface area contributed by atoms with Gasteiger partial charge < -0.3 is 14.7 Å². The number of nitrogens with zero attached hydrogens (tertiary/aromatic N) is 1. The van der Waals surface area contributed by atoms with Gasteiger partial charge in [-0.15, -0.1) is 0 Å². The molecule has 3 rings (SSSR count). The molecule has 8 heteroatoms. The van der Waals surface area contributed by atoms with Gasteiger partial charge in [-0.05, 0) is 54.4 Å². The SMILES string of the molecule is Cc1cc(-c2cccc(F)c2)c(F)c(N(C)c2c(F)ccc(OCC(=O)O)c2F)c1. The molecule has 0 aliphatic heterocycles. The van der Waals surface area contributed by atoms with Crippen LogP contribution in [0.3, 0.4) is 0 Å². The van der Waals surface area contributed by atoms with E-state index in [0.717, 1.165) is 23.1 Å². The number of rotatable bonds is 6. The molecule has 0 fully saturated rings. The van der Waals surface area contributed by atoms with Gasteiger partial charge in [0.15, 0.2) is 24.0 Å². The first-order valence-corrected chi connectivity index (χ1v) is 8.81. The van der Waals surface area contributed by atoms with Crippen LogP contribution < -0.4 is 9.64 Å². The first-order chi connectivity index (χ1) is 14.2. The maximum atomic E-state index is 15.3. The Bertz CT molecular complexity index is 1120. The van der Waals surface area contributed by atoms with Crippen molar-refractivity contribution in [1.29, 1.82) is 0 Å². The second-order valence-corrected chi connectivity index (χ2v) is 6.61. The Balaban J connectivity index is 2.11. The van der Waals surface area contributed by atoms with E-state index in [1.165, 1.54) is 37.4 Å². The topological polar surface area (TPSA) is 49.8 Å². The van der Waals surface area contributed by atoms with Gasteiger partial charge in [-0.25, -0.2) is 22.4 Å². The molecule has 1 N–H and O–H groups in total. The second kappa shape index (κ2) is 8.44. The van der Waals surface area contributed by atoms with E-state index in [9.17, 15) is 18.0 Å². The molecule has 156 valence electrons. The average molecular weight is 419 g/mol. The normalized spacial score (nSPS) is 10.7. The summed E-state index contributed by atoms with van der Waals surface area (Å²) in [6.45, 7) is 0.840. The van der Waals surface area contributed by atoms with E-state index in [4.69, 9.17) is 9.84 Å². The number of benzene rings is 3. The molecule has 3 aromatic rings. The Hall–Kier alpha value is -3.55. The lowest BCUT2D eigenvalue weighted by Gasteiger charge is -2.24. The van der Waals surface area contributed by atoms with Gasteiger partial charge in [-0.2, -0.15) is 0 Å². The third-order valence-electron chi connectivity index (χ3n) is 4.41. The Kier molecular flexibility index (Phi) is 5.96. The van der Waals surface area contributed by atoms with Crippen LogP contribution in [0, 0.1) is 30.2 Å². The quantitative estimate of drug-likeness (QED) is 0.540. The predicted octanol–water partition coefficient (Wildman–Crippen LogP) is 5.45. The van der Waals surface area contributed by atoms with Crippen molar-refractivity contribution in [3.63, 3.8) is 0 Å². The lowest BCUT2D eigenvalue weighted by molar-refractivity contribution is -0.139. The molecule has 0 amide bonds. The van der Waals surface area contributed by atoms with E-state index < -0.39 is 47.3 Å². The zero-order chi connectivity index (χ0) is 22.0.